The Balaban J connectivity index is 1.79. The first-order chi connectivity index (χ1) is 12.1. The third kappa shape index (κ3) is 3.71. The van der Waals surface area contributed by atoms with Gasteiger partial charge in [0.05, 0.1) is 25.9 Å². The van der Waals surface area contributed by atoms with E-state index in [4.69, 9.17) is 9.47 Å². The van der Waals surface area contributed by atoms with Gasteiger partial charge in [0.2, 0.25) is 0 Å². The van der Waals surface area contributed by atoms with E-state index >= 15 is 0 Å². The molecule has 132 valence electrons. The van der Waals surface area contributed by atoms with Crippen molar-refractivity contribution in [1.82, 2.24) is 4.90 Å². The molecule has 0 spiro atoms. The number of carbonyl (C=O) groups is 1. The maximum Gasteiger partial charge on any atom is 0.322 e. The number of carbonyl (C=O) groups excluding carboxylic acids is 1. The molecule has 2 aromatic rings. The lowest BCUT2D eigenvalue weighted by atomic mass is 10.0. The molecule has 5 nitrogen and oxygen atoms in total. The van der Waals surface area contributed by atoms with Crippen LogP contribution in [-0.2, 0) is 0 Å². The van der Waals surface area contributed by atoms with Crippen molar-refractivity contribution in [2.24, 2.45) is 0 Å². The zero-order valence-electron chi connectivity index (χ0n) is 14.9. The molecule has 0 radical (unpaired) electrons. The van der Waals surface area contributed by atoms with Crippen molar-refractivity contribution in [2.45, 2.75) is 25.8 Å². The van der Waals surface area contributed by atoms with E-state index in [9.17, 15) is 4.79 Å². The summed E-state index contributed by atoms with van der Waals surface area (Å²) in [6.45, 7) is 2.81. The highest BCUT2D eigenvalue weighted by Gasteiger charge is 2.30. The highest BCUT2D eigenvalue weighted by molar-refractivity contribution is 5.91. The van der Waals surface area contributed by atoms with Gasteiger partial charge in [-0.3, -0.25) is 0 Å². The molecule has 0 saturated carbocycles. The van der Waals surface area contributed by atoms with E-state index in [0.29, 0.717) is 17.2 Å². The molecule has 1 unspecified atom stereocenters. The number of nitrogens with one attached hydrogen (secondary N) is 1. The second-order valence-electron chi connectivity index (χ2n) is 6.26. The van der Waals surface area contributed by atoms with Gasteiger partial charge in [-0.1, -0.05) is 29.8 Å². The summed E-state index contributed by atoms with van der Waals surface area (Å²) in [5, 5.41) is 2.97. The topological polar surface area (TPSA) is 50.8 Å². The number of aryl methyl sites for hydroxylation is 1. The van der Waals surface area contributed by atoms with E-state index in [1.807, 2.05) is 4.90 Å². The van der Waals surface area contributed by atoms with Crippen LogP contribution < -0.4 is 14.8 Å². The van der Waals surface area contributed by atoms with Crippen LogP contribution in [0, 0.1) is 6.92 Å². The van der Waals surface area contributed by atoms with Crippen LogP contribution in [0.2, 0.25) is 0 Å². The number of rotatable bonds is 4. The molecule has 25 heavy (non-hydrogen) atoms. The second-order valence-corrected chi connectivity index (χ2v) is 6.26. The van der Waals surface area contributed by atoms with Crippen LogP contribution in [0.5, 0.6) is 11.5 Å². The van der Waals surface area contributed by atoms with E-state index in [2.05, 4.69) is 36.5 Å². The van der Waals surface area contributed by atoms with Gasteiger partial charge in [0.25, 0.3) is 0 Å². The van der Waals surface area contributed by atoms with Crippen LogP contribution in [0.4, 0.5) is 10.5 Å². The summed E-state index contributed by atoms with van der Waals surface area (Å²) in [4.78, 5) is 14.7. The Morgan fingerprint density at radius 1 is 1.12 bits per heavy atom. The van der Waals surface area contributed by atoms with Crippen molar-refractivity contribution in [3.8, 4) is 11.5 Å². The number of hydrogen-bond donors (Lipinski definition) is 1. The second kappa shape index (κ2) is 7.47. The molecule has 5 heteroatoms. The van der Waals surface area contributed by atoms with Crippen molar-refractivity contribution in [1.29, 1.82) is 0 Å². The van der Waals surface area contributed by atoms with Gasteiger partial charge in [-0.15, -0.1) is 0 Å². The van der Waals surface area contributed by atoms with Crippen molar-refractivity contribution < 1.29 is 14.3 Å². The van der Waals surface area contributed by atoms with Gasteiger partial charge in [0.1, 0.15) is 11.5 Å². The number of urea groups is 1. The largest absolute Gasteiger partial charge is 0.497 e. The Labute approximate surface area is 148 Å². The highest BCUT2D eigenvalue weighted by atomic mass is 16.5. The molecule has 1 aliphatic rings. The van der Waals surface area contributed by atoms with Crippen molar-refractivity contribution >= 4 is 11.7 Å². The van der Waals surface area contributed by atoms with Crippen molar-refractivity contribution in [2.75, 3.05) is 26.1 Å². The number of methoxy groups -OCH3 is 2. The fourth-order valence-electron chi connectivity index (χ4n) is 3.24. The fraction of sp³-hybridized carbons (Fsp3) is 0.350. The minimum atomic E-state index is -0.116. The molecule has 1 aliphatic heterocycles. The van der Waals surface area contributed by atoms with Crippen molar-refractivity contribution in [3.05, 3.63) is 53.6 Å². The predicted molar refractivity (Wildman–Crippen MR) is 98.4 cm³/mol. The molecular weight excluding hydrogens is 316 g/mol. The molecule has 1 atom stereocenters. The maximum absolute atomic E-state index is 12.9. The quantitative estimate of drug-likeness (QED) is 0.898. The van der Waals surface area contributed by atoms with Crippen LogP contribution in [0.3, 0.4) is 0 Å². The number of ether oxygens (including phenoxy) is 2. The van der Waals surface area contributed by atoms with Crippen LogP contribution in [0.25, 0.3) is 0 Å². The Morgan fingerprint density at radius 2 is 1.88 bits per heavy atom. The Bertz CT molecular complexity index is 743. The molecule has 1 N–H and O–H groups in total. The monoisotopic (exact) mass is 340 g/mol. The third-order valence-electron chi connectivity index (χ3n) is 4.62. The summed E-state index contributed by atoms with van der Waals surface area (Å²) in [6.07, 6.45) is 1.98. The lowest BCUT2D eigenvalue weighted by Gasteiger charge is -2.26. The van der Waals surface area contributed by atoms with Gasteiger partial charge in [0.15, 0.2) is 0 Å². The first kappa shape index (κ1) is 17.1. The zero-order valence-corrected chi connectivity index (χ0v) is 14.9. The average molecular weight is 340 g/mol. The van der Waals surface area contributed by atoms with E-state index in [0.717, 1.165) is 19.4 Å². The number of likely N-dealkylation sites (tertiary alicyclic amines) is 1. The lowest BCUT2D eigenvalue weighted by molar-refractivity contribution is 0.207. The fourth-order valence-corrected chi connectivity index (χ4v) is 3.24. The molecule has 1 heterocycles. The zero-order chi connectivity index (χ0) is 17.8. The molecule has 0 aliphatic carbocycles. The van der Waals surface area contributed by atoms with E-state index < -0.39 is 0 Å². The highest BCUT2D eigenvalue weighted by Crippen LogP contribution is 2.34. The minimum Gasteiger partial charge on any atom is -0.497 e. The summed E-state index contributed by atoms with van der Waals surface area (Å²) < 4.78 is 10.6. The number of anilines is 1. The summed E-state index contributed by atoms with van der Waals surface area (Å²) in [5.41, 5.74) is 3.01. The molecule has 3 rings (SSSR count). The standard InChI is InChI=1S/C20H24N2O3/c1-14-6-8-15(9-7-14)18-5-4-12-22(18)20(23)21-17-13-16(24-2)10-11-19(17)25-3/h6-11,13,18H,4-5,12H2,1-3H3,(H,21,23). The predicted octanol–water partition coefficient (Wildman–Crippen LogP) is 4.38. The smallest absolute Gasteiger partial charge is 0.322 e. The van der Waals surface area contributed by atoms with Gasteiger partial charge < -0.3 is 19.7 Å². The third-order valence-corrected chi connectivity index (χ3v) is 4.62. The molecule has 2 amide bonds. The Morgan fingerprint density at radius 3 is 2.56 bits per heavy atom. The van der Waals surface area contributed by atoms with E-state index in [1.165, 1.54) is 11.1 Å². The summed E-state index contributed by atoms with van der Waals surface area (Å²) in [6, 6.07) is 13.8. The molecule has 0 aromatic heterocycles. The Kier molecular flexibility index (Phi) is 5.12. The summed E-state index contributed by atoms with van der Waals surface area (Å²) >= 11 is 0. The molecule has 1 saturated heterocycles. The number of amides is 2. The van der Waals surface area contributed by atoms with Gasteiger partial charge >= 0.3 is 6.03 Å². The number of benzene rings is 2. The van der Waals surface area contributed by atoms with Gasteiger partial charge in [-0.05, 0) is 37.5 Å². The molecule has 2 aromatic carbocycles. The first-order valence-corrected chi connectivity index (χ1v) is 8.48. The maximum atomic E-state index is 12.9. The first-order valence-electron chi connectivity index (χ1n) is 8.48. The SMILES string of the molecule is COc1ccc(OC)c(NC(=O)N2CCCC2c2ccc(C)cc2)c1. The van der Waals surface area contributed by atoms with Gasteiger partial charge in [-0.2, -0.15) is 0 Å². The molecule has 0 bridgehead atoms. The van der Waals surface area contributed by atoms with Crippen LogP contribution in [0.15, 0.2) is 42.5 Å². The normalized spacial score (nSPS) is 16.6. The average Bonchev–Trinajstić information content (AvgIpc) is 3.12. The van der Waals surface area contributed by atoms with Crippen molar-refractivity contribution in [3.63, 3.8) is 0 Å². The Hall–Kier alpha value is -2.69. The molecular formula is C20H24N2O3. The summed E-state index contributed by atoms with van der Waals surface area (Å²) in [5.74, 6) is 1.29. The number of hydrogen-bond acceptors (Lipinski definition) is 3. The van der Waals surface area contributed by atoms with E-state index in [-0.39, 0.29) is 12.1 Å². The summed E-state index contributed by atoms with van der Waals surface area (Å²) in [7, 11) is 3.18. The molecule has 1 fully saturated rings. The van der Waals surface area contributed by atoms with Crippen LogP contribution in [0.1, 0.15) is 30.0 Å². The van der Waals surface area contributed by atoms with Crippen LogP contribution >= 0.6 is 0 Å². The number of nitrogens with zero attached hydrogens (tertiary/aromatic N) is 1. The van der Waals surface area contributed by atoms with Gasteiger partial charge in [-0.25, -0.2) is 4.79 Å². The lowest BCUT2D eigenvalue weighted by Crippen LogP contribution is -2.34. The van der Waals surface area contributed by atoms with E-state index in [1.54, 1.807) is 32.4 Å². The minimum absolute atomic E-state index is 0.109. The van der Waals surface area contributed by atoms with Crippen LogP contribution in [-0.4, -0.2) is 31.7 Å². The van der Waals surface area contributed by atoms with Gasteiger partial charge in [0, 0.05) is 12.6 Å².